The minimum Gasteiger partial charge on any atom is -0.481 e. The number of nitrogens with one attached hydrogen (secondary N) is 1. The van der Waals surface area contributed by atoms with Gasteiger partial charge in [-0.2, -0.15) is 0 Å². The number of aliphatic carboxylic acids is 1. The number of likely N-dealkylation sites (tertiary alicyclic amines) is 1. The molecule has 6 nitrogen and oxygen atoms in total. The van der Waals surface area contributed by atoms with Crippen molar-refractivity contribution in [2.45, 2.75) is 6.92 Å². The van der Waals surface area contributed by atoms with E-state index in [1.165, 1.54) is 18.2 Å². The van der Waals surface area contributed by atoms with Crippen LogP contribution in [-0.2, 0) is 14.3 Å². The van der Waals surface area contributed by atoms with E-state index in [0.29, 0.717) is 30.9 Å². The smallest absolute Gasteiger partial charge is 0.313 e. The first-order valence-electron chi connectivity index (χ1n) is 7.50. The summed E-state index contributed by atoms with van der Waals surface area (Å²) >= 11 is 0. The maximum Gasteiger partial charge on any atom is 0.313 e. The molecule has 0 unspecified atom stereocenters. The summed E-state index contributed by atoms with van der Waals surface area (Å²) < 4.78 is 18.4. The molecule has 0 spiro atoms. The van der Waals surface area contributed by atoms with Gasteiger partial charge in [-0.25, -0.2) is 4.39 Å². The number of ether oxygens (including phenoxy) is 1. The molecule has 23 heavy (non-hydrogen) atoms. The van der Waals surface area contributed by atoms with E-state index in [2.05, 4.69) is 5.32 Å². The molecule has 2 aliphatic heterocycles. The summed E-state index contributed by atoms with van der Waals surface area (Å²) in [7, 11) is 0. The Morgan fingerprint density at radius 1 is 1.52 bits per heavy atom. The van der Waals surface area contributed by atoms with Gasteiger partial charge in [0.1, 0.15) is 11.2 Å². The summed E-state index contributed by atoms with van der Waals surface area (Å²) in [6.07, 6.45) is 0. The Labute approximate surface area is 133 Å². The summed E-state index contributed by atoms with van der Waals surface area (Å²) in [5.41, 5.74) is 0.311. The quantitative estimate of drug-likeness (QED) is 0.868. The fourth-order valence-electron chi connectivity index (χ4n) is 3.42. The lowest BCUT2D eigenvalue weighted by atomic mass is 9.81. The fourth-order valence-corrected chi connectivity index (χ4v) is 3.42. The maximum absolute atomic E-state index is 13.1. The van der Waals surface area contributed by atoms with Gasteiger partial charge in [-0.05, 0) is 30.7 Å². The van der Waals surface area contributed by atoms with Gasteiger partial charge in [0, 0.05) is 24.7 Å². The van der Waals surface area contributed by atoms with Crippen molar-refractivity contribution in [2.24, 2.45) is 11.3 Å². The Morgan fingerprint density at radius 3 is 2.96 bits per heavy atom. The molecule has 2 saturated heterocycles. The number of hydrogen-bond acceptors (Lipinski definition) is 4. The van der Waals surface area contributed by atoms with E-state index in [-0.39, 0.29) is 30.8 Å². The molecule has 2 atom stereocenters. The summed E-state index contributed by atoms with van der Waals surface area (Å²) in [5.74, 6) is -1.53. The predicted octanol–water partition coefficient (Wildman–Crippen LogP) is 1.11. The van der Waals surface area contributed by atoms with Crippen molar-refractivity contribution in [3.8, 4) is 0 Å². The van der Waals surface area contributed by atoms with E-state index < -0.39 is 11.4 Å². The van der Waals surface area contributed by atoms with E-state index in [0.717, 1.165) is 0 Å². The molecule has 1 aromatic rings. The van der Waals surface area contributed by atoms with E-state index >= 15 is 0 Å². The summed E-state index contributed by atoms with van der Waals surface area (Å²) in [6, 6.07) is 4.17. The first-order valence-corrected chi connectivity index (χ1v) is 7.50. The Bertz CT molecular complexity index is 651. The lowest BCUT2D eigenvalue weighted by molar-refractivity contribution is -0.149. The molecule has 3 rings (SSSR count). The summed E-state index contributed by atoms with van der Waals surface area (Å²) in [5, 5.41) is 12.2. The number of carbonyl (C=O) groups is 2. The van der Waals surface area contributed by atoms with Crippen molar-refractivity contribution in [3.05, 3.63) is 29.6 Å². The van der Waals surface area contributed by atoms with Crippen molar-refractivity contribution < 1.29 is 23.8 Å². The van der Waals surface area contributed by atoms with Crippen LogP contribution in [0.15, 0.2) is 18.2 Å². The minimum absolute atomic E-state index is 0.0830. The standard InChI is InChI=1S/C16H19FN2O4/c1-10-4-12(17)2-3-13(10)18-14(20)6-19-5-11-7-23-9-16(11,8-19)15(21)22/h2-4,11H,5-9H2,1H3,(H,18,20)(H,21,22)/t11-,16-/m1/s1. The maximum atomic E-state index is 13.1. The van der Waals surface area contributed by atoms with Crippen LogP contribution < -0.4 is 5.32 Å². The Hall–Kier alpha value is -1.99. The normalized spacial score (nSPS) is 27.0. The number of nitrogens with zero attached hydrogens (tertiary/aromatic N) is 1. The molecule has 1 amide bonds. The largest absolute Gasteiger partial charge is 0.481 e. The lowest BCUT2D eigenvalue weighted by Crippen LogP contribution is -2.40. The van der Waals surface area contributed by atoms with Gasteiger partial charge < -0.3 is 15.2 Å². The molecule has 2 N–H and O–H groups in total. The van der Waals surface area contributed by atoms with Crippen LogP contribution in [0, 0.1) is 24.1 Å². The van der Waals surface area contributed by atoms with Gasteiger partial charge in [0.15, 0.2) is 0 Å². The van der Waals surface area contributed by atoms with Crippen LogP contribution in [0.4, 0.5) is 10.1 Å². The van der Waals surface area contributed by atoms with Crippen molar-refractivity contribution in [2.75, 3.05) is 38.2 Å². The van der Waals surface area contributed by atoms with Crippen LogP contribution in [0.25, 0.3) is 0 Å². The number of fused-ring (bicyclic) bond motifs is 1. The van der Waals surface area contributed by atoms with E-state index in [1.807, 2.05) is 4.90 Å². The molecule has 0 aromatic heterocycles. The zero-order valence-electron chi connectivity index (χ0n) is 12.8. The van der Waals surface area contributed by atoms with E-state index in [1.54, 1.807) is 6.92 Å². The van der Waals surface area contributed by atoms with Crippen molar-refractivity contribution in [1.29, 1.82) is 0 Å². The molecule has 2 heterocycles. The number of benzene rings is 1. The third-order valence-corrected chi connectivity index (χ3v) is 4.70. The Kier molecular flexibility index (Phi) is 4.08. The number of carboxylic acid groups (broad SMARTS) is 1. The number of rotatable bonds is 4. The molecule has 124 valence electrons. The van der Waals surface area contributed by atoms with Gasteiger partial charge in [0.25, 0.3) is 0 Å². The van der Waals surface area contributed by atoms with Gasteiger partial charge in [-0.3, -0.25) is 14.5 Å². The van der Waals surface area contributed by atoms with Crippen LogP contribution in [0.1, 0.15) is 5.56 Å². The van der Waals surface area contributed by atoms with Crippen LogP contribution in [0.5, 0.6) is 0 Å². The van der Waals surface area contributed by atoms with E-state index in [9.17, 15) is 19.1 Å². The second-order valence-electron chi connectivity index (χ2n) is 6.35. The average Bonchev–Trinajstić information content (AvgIpc) is 2.99. The molecule has 2 fully saturated rings. The lowest BCUT2D eigenvalue weighted by Gasteiger charge is -2.21. The van der Waals surface area contributed by atoms with Gasteiger partial charge in [-0.15, -0.1) is 0 Å². The highest BCUT2D eigenvalue weighted by molar-refractivity contribution is 5.93. The first-order chi connectivity index (χ1) is 10.9. The van der Waals surface area contributed by atoms with Gasteiger partial charge in [0.05, 0.1) is 19.8 Å². The third kappa shape index (κ3) is 2.94. The summed E-state index contributed by atoms with van der Waals surface area (Å²) in [6.45, 7) is 3.28. The zero-order chi connectivity index (χ0) is 16.6. The second-order valence-corrected chi connectivity index (χ2v) is 6.35. The molecule has 7 heteroatoms. The fraction of sp³-hybridized carbons (Fsp3) is 0.500. The topological polar surface area (TPSA) is 78.9 Å². The number of anilines is 1. The Morgan fingerprint density at radius 2 is 2.30 bits per heavy atom. The predicted molar refractivity (Wildman–Crippen MR) is 80.6 cm³/mol. The average molecular weight is 322 g/mol. The highest BCUT2D eigenvalue weighted by Crippen LogP contribution is 2.41. The van der Waals surface area contributed by atoms with Crippen molar-refractivity contribution in [3.63, 3.8) is 0 Å². The Balaban J connectivity index is 1.62. The number of carbonyl (C=O) groups excluding carboxylic acids is 1. The SMILES string of the molecule is Cc1cc(F)ccc1NC(=O)CN1C[C@@H]2COC[C@]2(C(=O)O)C1. The zero-order valence-corrected chi connectivity index (χ0v) is 12.8. The molecular weight excluding hydrogens is 303 g/mol. The van der Waals surface area contributed by atoms with Crippen LogP contribution >= 0.6 is 0 Å². The van der Waals surface area contributed by atoms with Crippen LogP contribution in [0.2, 0.25) is 0 Å². The molecular formula is C16H19FN2O4. The van der Waals surface area contributed by atoms with Crippen molar-refractivity contribution in [1.82, 2.24) is 4.90 Å². The van der Waals surface area contributed by atoms with E-state index in [4.69, 9.17) is 4.74 Å². The van der Waals surface area contributed by atoms with Gasteiger partial charge in [0.2, 0.25) is 5.91 Å². The monoisotopic (exact) mass is 322 g/mol. The molecule has 0 saturated carbocycles. The second kappa shape index (κ2) is 5.90. The van der Waals surface area contributed by atoms with Crippen molar-refractivity contribution >= 4 is 17.6 Å². The minimum atomic E-state index is -0.897. The van der Waals surface area contributed by atoms with Gasteiger partial charge >= 0.3 is 5.97 Å². The molecule has 0 bridgehead atoms. The first kappa shape index (κ1) is 15.9. The number of hydrogen-bond donors (Lipinski definition) is 2. The molecule has 1 aromatic carbocycles. The highest BCUT2D eigenvalue weighted by atomic mass is 19.1. The van der Waals surface area contributed by atoms with Crippen LogP contribution in [0.3, 0.4) is 0 Å². The van der Waals surface area contributed by atoms with Gasteiger partial charge in [-0.1, -0.05) is 0 Å². The van der Waals surface area contributed by atoms with Crippen LogP contribution in [-0.4, -0.2) is 54.7 Å². The molecule has 0 aliphatic carbocycles. The number of carboxylic acids is 1. The number of aryl methyl sites for hydroxylation is 1. The summed E-state index contributed by atoms with van der Waals surface area (Å²) in [4.78, 5) is 25.6. The third-order valence-electron chi connectivity index (χ3n) is 4.70. The number of amides is 1. The molecule has 0 radical (unpaired) electrons. The highest BCUT2D eigenvalue weighted by Gasteiger charge is 2.56. The number of halogens is 1. The molecule has 2 aliphatic rings.